The number of aryl methyl sites for hydroxylation is 2. The number of ether oxygens (including phenoxy) is 1. The SMILES string of the molecule is Cc1cc(NCCN(C)C)cc(C)c1-c1cnnc([As]Cc2nc3cc(OCCN)ccc3s2)n1. The maximum absolute atomic E-state index is 5.62. The molecule has 0 unspecified atom stereocenters. The molecule has 0 aliphatic heterocycles. The van der Waals surface area contributed by atoms with Gasteiger partial charge in [-0.1, -0.05) is 0 Å². The Morgan fingerprint density at radius 1 is 1.11 bits per heavy atom. The molecule has 0 fully saturated rings. The second-order valence-electron chi connectivity index (χ2n) is 8.55. The molecule has 4 aromatic rings. The van der Waals surface area contributed by atoms with E-state index >= 15 is 0 Å². The molecule has 0 atom stereocenters. The second kappa shape index (κ2) is 11.9. The van der Waals surface area contributed by atoms with E-state index in [4.69, 9.17) is 20.4 Å². The van der Waals surface area contributed by atoms with Gasteiger partial charge in [0.15, 0.2) is 0 Å². The van der Waals surface area contributed by atoms with Crippen LogP contribution in [0.2, 0.25) is 0 Å². The fourth-order valence-corrected chi connectivity index (χ4v) is 6.70. The van der Waals surface area contributed by atoms with Gasteiger partial charge in [-0.3, -0.25) is 0 Å². The van der Waals surface area contributed by atoms with Crippen molar-refractivity contribution in [2.75, 3.05) is 45.7 Å². The van der Waals surface area contributed by atoms with Gasteiger partial charge in [0.1, 0.15) is 0 Å². The van der Waals surface area contributed by atoms with Gasteiger partial charge in [-0.25, -0.2) is 0 Å². The van der Waals surface area contributed by atoms with Crippen LogP contribution in [0.5, 0.6) is 5.75 Å². The Hall–Kier alpha value is -2.58. The molecule has 2 aromatic heterocycles. The fraction of sp³-hybridized carbons (Fsp3) is 0.360. The molecule has 8 nitrogen and oxygen atoms in total. The van der Waals surface area contributed by atoms with Gasteiger partial charge in [-0.2, -0.15) is 0 Å². The number of nitrogens with zero attached hydrogens (tertiary/aromatic N) is 5. The normalized spacial score (nSPS) is 11.7. The molecule has 0 spiro atoms. The average Bonchev–Trinajstić information content (AvgIpc) is 3.23. The number of hydrogen-bond donors (Lipinski definition) is 2. The molecule has 2 heterocycles. The van der Waals surface area contributed by atoms with Crippen LogP contribution < -0.4 is 20.4 Å². The number of nitrogens with two attached hydrogens (primary N) is 1. The van der Waals surface area contributed by atoms with Gasteiger partial charge < -0.3 is 0 Å². The van der Waals surface area contributed by atoms with Crippen LogP contribution in [0.15, 0.2) is 36.5 Å². The van der Waals surface area contributed by atoms with Crippen LogP contribution in [0.3, 0.4) is 0 Å². The van der Waals surface area contributed by atoms with Gasteiger partial charge in [0.2, 0.25) is 0 Å². The van der Waals surface area contributed by atoms with Crippen LogP contribution in [0.25, 0.3) is 21.5 Å². The van der Waals surface area contributed by atoms with Gasteiger partial charge in [-0.15, -0.1) is 0 Å². The Morgan fingerprint density at radius 3 is 2.66 bits per heavy atom. The van der Waals surface area contributed by atoms with E-state index in [0.717, 1.165) is 60.8 Å². The summed E-state index contributed by atoms with van der Waals surface area (Å²) < 4.78 is 7.59. The van der Waals surface area contributed by atoms with Crippen LogP contribution in [-0.2, 0) is 5.21 Å². The quantitative estimate of drug-likeness (QED) is 0.274. The zero-order chi connectivity index (χ0) is 24.8. The zero-order valence-electron chi connectivity index (χ0n) is 20.6. The van der Waals surface area contributed by atoms with Crippen LogP contribution in [0.4, 0.5) is 5.69 Å². The molecular formula is C25H31AsN7OS. The Morgan fingerprint density at radius 2 is 1.91 bits per heavy atom. The van der Waals surface area contributed by atoms with E-state index in [1.165, 1.54) is 11.1 Å². The van der Waals surface area contributed by atoms with E-state index in [-0.39, 0.29) is 15.8 Å². The number of benzene rings is 2. The number of fused-ring (bicyclic) bond motifs is 1. The van der Waals surface area contributed by atoms with Gasteiger partial charge in [0.25, 0.3) is 0 Å². The second-order valence-corrected chi connectivity index (χ2v) is 11.8. The summed E-state index contributed by atoms with van der Waals surface area (Å²) in [5.41, 5.74) is 12.0. The van der Waals surface area contributed by atoms with Crippen molar-refractivity contribution in [3.8, 4) is 17.0 Å². The molecule has 3 N–H and O–H groups in total. The van der Waals surface area contributed by atoms with E-state index in [2.05, 4.69) is 66.6 Å². The van der Waals surface area contributed by atoms with Gasteiger partial charge in [-0.05, 0) is 0 Å². The van der Waals surface area contributed by atoms with Gasteiger partial charge >= 0.3 is 218 Å². The summed E-state index contributed by atoms with van der Waals surface area (Å²) in [5.74, 6) is 0.804. The number of nitrogens with one attached hydrogen (secondary N) is 1. The van der Waals surface area contributed by atoms with Crippen LogP contribution in [0.1, 0.15) is 16.1 Å². The molecule has 0 amide bonds. The van der Waals surface area contributed by atoms with Crippen molar-refractivity contribution in [3.63, 3.8) is 0 Å². The van der Waals surface area contributed by atoms with E-state index in [1.807, 2.05) is 12.1 Å². The molecule has 0 aliphatic rings. The zero-order valence-corrected chi connectivity index (χ0v) is 23.3. The molecule has 35 heavy (non-hydrogen) atoms. The molecule has 0 saturated heterocycles. The van der Waals surface area contributed by atoms with E-state index in [0.29, 0.717) is 13.2 Å². The molecule has 1 radical (unpaired) electrons. The topological polar surface area (TPSA) is 102 Å². The van der Waals surface area contributed by atoms with Crippen molar-refractivity contribution in [1.82, 2.24) is 25.1 Å². The maximum atomic E-state index is 5.62. The summed E-state index contributed by atoms with van der Waals surface area (Å²) in [4.78, 5) is 11.8. The first kappa shape index (κ1) is 25.5. The van der Waals surface area contributed by atoms with Crippen molar-refractivity contribution in [2.24, 2.45) is 5.73 Å². The molecule has 0 aliphatic carbocycles. The summed E-state index contributed by atoms with van der Waals surface area (Å²) in [6.45, 7) is 7.14. The summed E-state index contributed by atoms with van der Waals surface area (Å²) >= 11 is 1.42. The van der Waals surface area contributed by atoms with E-state index in [1.54, 1.807) is 17.5 Å². The summed E-state index contributed by atoms with van der Waals surface area (Å²) in [7, 11) is 4.16. The van der Waals surface area contributed by atoms with Crippen molar-refractivity contribution in [2.45, 2.75) is 19.1 Å². The predicted octanol–water partition coefficient (Wildman–Crippen LogP) is 2.61. The van der Waals surface area contributed by atoms with E-state index < -0.39 is 0 Å². The van der Waals surface area contributed by atoms with Crippen molar-refractivity contribution in [1.29, 1.82) is 0 Å². The standard InChI is InChI=1S/C25H31AsN7OS/c1-16-11-18(28-8-9-33(3)4)12-17(2)24(16)21-15-29-32-25(31-21)26-14-23-30-20-13-19(34-10-7-27)5-6-22(20)35-23/h5-6,11-13,15,28H,7-10,14,27H2,1-4H3. The van der Waals surface area contributed by atoms with Crippen LogP contribution in [-0.4, -0.2) is 81.2 Å². The molecule has 2 aromatic carbocycles. The number of hydrogen-bond acceptors (Lipinski definition) is 9. The predicted molar refractivity (Wildman–Crippen MR) is 145 cm³/mol. The summed E-state index contributed by atoms with van der Waals surface area (Å²) in [6.07, 6.45) is 1.76. The van der Waals surface area contributed by atoms with Crippen molar-refractivity contribution >= 4 is 47.6 Å². The number of likely N-dealkylation sites (N-methyl/N-ethyl adjacent to an activating group) is 1. The Labute approximate surface area is 217 Å². The Balaban J connectivity index is 1.45. The third-order valence-electron chi connectivity index (χ3n) is 5.37. The molecule has 4 rings (SSSR count). The summed E-state index contributed by atoms with van der Waals surface area (Å²) in [5, 5.41) is 14.0. The minimum atomic E-state index is -0.291. The molecule has 10 heteroatoms. The monoisotopic (exact) mass is 552 g/mol. The minimum absolute atomic E-state index is 0.291. The fourth-order valence-electron chi connectivity index (χ4n) is 3.80. The number of aromatic nitrogens is 4. The van der Waals surface area contributed by atoms with Gasteiger partial charge in [0, 0.05) is 0 Å². The van der Waals surface area contributed by atoms with Gasteiger partial charge in [0.05, 0.1) is 0 Å². The third kappa shape index (κ3) is 6.76. The Kier molecular flexibility index (Phi) is 8.68. The summed E-state index contributed by atoms with van der Waals surface area (Å²) in [6, 6.07) is 10.4. The van der Waals surface area contributed by atoms with Crippen LogP contribution in [0, 0.1) is 13.8 Å². The van der Waals surface area contributed by atoms with Crippen LogP contribution >= 0.6 is 11.3 Å². The average molecular weight is 553 g/mol. The molecule has 183 valence electrons. The van der Waals surface area contributed by atoms with Crippen molar-refractivity contribution in [3.05, 3.63) is 52.7 Å². The molecule has 0 saturated carbocycles. The first-order chi connectivity index (χ1) is 16.9. The molecular weight excluding hydrogens is 521 g/mol. The van der Waals surface area contributed by atoms with Crippen molar-refractivity contribution < 1.29 is 4.74 Å². The number of thiazole rings is 1. The Bertz CT molecular complexity index is 1270. The first-order valence-corrected chi connectivity index (χ1v) is 14.6. The number of anilines is 1. The number of rotatable bonds is 11. The first-order valence-electron chi connectivity index (χ1n) is 11.5. The molecule has 0 bridgehead atoms. The third-order valence-corrected chi connectivity index (χ3v) is 8.82. The van der Waals surface area contributed by atoms with E-state index in [9.17, 15) is 0 Å².